The van der Waals surface area contributed by atoms with Crippen LogP contribution in [0.1, 0.15) is 11.8 Å². The van der Waals surface area contributed by atoms with Crippen molar-refractivity contribution in [3.63, 3.8) is 0 Å². The number of hydrogen-bond donors (Lipinski definition) is 3. The fourth-order valence-corrected chi connectivity index (χ4v) is 1.80. The molecule has 0 amide bonds. The predicted molar refractivity (Wildman–Crippen MR) is 62.2 cm³/mol. The molecule has 0 radical (unpaired) electrons. The molecule has 18 heavy (non-hydrogen) atoms. The fourth-order valence-electron chi connectivity index (χ4n) is 1.80. The van der Waals surface area contributed by atoms with Crippen LogP contribution in [0.4, 0.5) is 0 Å². The van der Waals surface area contributed by atoms with Gasteiger partial charge in [0.05, 0.1) is 6.61 Å². The lowest BCUT2D eigenvalue weighted by atomic mass is 10.0. The Morgan fingerprint density at radius 1 is 1.50 bits per heavy atom. The molecule has 1 aromatic heterocycles. The van der Waals surface area contributed by atoms with Gasteiger partial charge in [0.15, 0.2) is 6.23 Å². The molecule has 3 N–H and O–H groups in total. The van der Waals surface area contributed by atoms with Crippen molar-refractivity contribution in [1.82, 2.24) is 9.55 Å². The molecule has 0 spiro atoms. The number of ether oxygens (including phenoxy) is 1. The van der Waals surface area contributed by atoms with Crippen molar-refractivity contribution in [2.45, 2.75) is 25.4 Å². The van der Waals surface area contributed by atoms with Crippen molar-refractivity contribution in [3.8, 4) is 0 Å². The number of aryl methyl sites for hydroxylation is 1. The Morgan fingerprint density at radius 2 is 2.17 bits per heavy atom. The number of nitrogens with zero attached hydrogens (tertiary/aromatic N) is 1. The van der Waals surface area contributed by atoms with E-state index in [-0.39, 0.29) is 12.2 Å². The zero-order valence-electron chi connectivity index (χ0n) is 9.79. The van der Waals surface area contributed by atoms with E-state index < -0.39 is 29.7 Å². The largest absolute Gasteiger partial charge is 0.388 e. The number of H-pyrrole nitrogens is 1. The Kier molecular flexibility index (Phi) is 3.20. The second kappa shape index (κ2) is 4.52. The van der Waals surface area contributed by atoms with Crippen LogP contribution >= 0.6 is 0 Å². The lowest BCUT2D eigenvalue weighted by Crippen LogP contribution is -2.45. The molecule has 7 nitrogen and oxygen atoms in total. The average Bonchev–Trinajstić information content (AvgIpc) is 2.32. The van der Waals surface area contributed by atoms with Crippen LogP contribution in [0.15, 0.2) is 27.9 Å². The van der Waals surface area contributed by atoms with Gasteiger partial charge in [0.1, 0.15) is 12.2 Å². The molecule has 0 saturated carbocycles. The van der Waals surface area contributed by atoms with E-state index in [9.17, 15) is 19.8 Å². The van der Waals surface area contributed by atoms with Crippen molar-refractivity contribution in [1.29, 1.82) is 0 Å². The monoisotopic (exact) mass is 254 g/mol. The molecule has 1 fully saturated rings. The van der Waals surface area contributed by atoms with Gasteiger partial charge >= 0.3 is 5.69 Å². The predicted octanol–water partition coefficient (Wildman–Crippen LogP) is -1.35. The quantitative estimate of drug-likeness (QED) is 0.538. The molecular formula is C11H14N2O5. The first-order chi connectivity index (χ1) is 8.41. The van der Waals surface area contributed by atoms with Gasteiger partial charge in [-0.15, -0.1) is 0 Å². The molecule has 1 saturated heterocycles. The van der Waals surface area contributed by atoms with E-state index in [0.717, 1.165) is 4.57 Å². The minimum Gasteiger partial charge on any atom is -0.388 e. The highest BCUT2D eigenvalue weighted by atomic mass is 16.5. The Balaban J connectivity index is 2.44. The molecule has 2 heterocycles. The standard InChI is InChI=1S/C11H14N2O5/c1-5-3-13(11(17)12-9(5)16)10-6(2)8(15)7(14)4-18-10/h3,7-8,10,14-15H,2,4H2,1H3,(H,12,16,17)/t7-,8+,10+/m1/s1. The molecule has 7 heteroatoms. The van der Waals surface area contributed by atoms with E-state index >= 15 is 0 Å². The molecule has 0 unspecified atom stereocenters. The van der Waals surface area contributed by atoms with Crippen molar-refractivity contribution in [2.75, 3.05) is 6.61 Å². The van der Waals surface area contributed by atoms with Crippen LogP contribution in [-0.2, 0) is 4.74 Å². The summed E-state index contributed by atoms with van der Waals surface area (Å²) in [6.07, 6.45) is -1.79. The van der Waals surface area contributed by atoms with E-state index in [2.05, 4.69) is 11.6 Å². The lowest BCUT2D eigenvalue weighted by Gasteiger charge is -2.33. The third-order valence-corrected chi connectivity index (χ3v) is 2.88. The second-order valence-electron chi connectivity index (χ2n) is 4.25. The van der Waals surface area contributed by atoms with Gasteiger partial charge in [0.25, 0.3) is 5.56 Å². The van der Waals surface area contributed by atoms with Gasteiger partial charge in [-0.3, -0.25) is 14.3 Å². The molecule has 1 aromatic rings. The van der Waals surface area contributed by atoms with Crippen molar-refractivity contribution in [3.05, 3.63) is 44.8 Å². The summed E-state index contributed by atoms with van der Waals surface area (Å²) in [7, 11) is 0. The van der Waals surface area contributed by atoms with E-state index in [4.69, 9.17) is 4.74 Å². The Labute approximate surface area is 102 Å². The van der Waals surface area contributed by atoms with Crippen LogP contribution in [0.3, 0.4) is 0 Å². The molecule has 0 bridgehead atoms. The first kappa shape index (κ1) is 12.7. The summed E-state index contributed by atoms with van der Waals surface area (Å²) in [5.74, 6) is 0. The van der Waals surface area contributed by atoms with Gasteiger partial charge in [-0.25, -0.2) is 4.79 Å². The highest BCUT2D eigenvalue weighted by Crippen LogP contribution is 2.26. The summed E-state index contributed by atoms with van der Waals surface area (Å²) in [5, 5.41) is 19.1. The van der Waals surface area contributed by atoms with Gasteiger partial charge < -0.3 is 14.9 Å². The number of aliphatic hydroxyl groups is 2. The number of hydrogen-bond acceptors (Lipinski definition) is 5. The van der Waals surface area contributed by atoms with Crippen LogP contribution in [0.25, 0.3) is 0 Å². The Morgan fingerprint density at radius 3 is 2.83 bits per heavy atom. The minimum absolute atomic E-state index is 0.116. The molecule has 1 aliphatic heterocycles. The SMILES string of the molecule is C=C1[C@H](O)[C@H](O)CO[C@@H]1n1cc(C)c(=O)[nH]c1=O. The third kappa shape index (κ3) is 2.03. The van der Waals surface area contributed by atoms with Crippen molar-refractivity contribution < 1.29 is 14.9 Å². The Bertz CT molecular complexity index is 588. The van der Waals surface area contributed by atoms with Crippen molar-refractivity contribution in [2.24, 2.45) is 0 Å². The molecule has 1 aliphatic rings. The first-order valence-corrected chi connectivity index (χ1v) is 5.40. The highest BCUT2D eigenvalue weighted by Gasteiger charge is 2.33. The van der Waals surface area contributed by atoms with E-state index in [1.54, 1.807) is 6.92 Å². The number of nitrogens with one attached hydrogen (secondary N) is 1. The maximum Gasteiger partial charge on any atom is 0.330 e. The van der Waals surface area contributed by atoms with Gasteiger partial charge in [0.2, 0.25) is 0 Å². The number of aromatic amines is 1. The molecule has 3 atom stereocenters. The molecule has 2 rings (SSSR count). The van der Waals surface area contributed by atoms with E-state index in [1.807, 2.05) is 0 Å². The normalized spacial score (nSPS) is 28.4. The summed E-state index contributed by atoms with van der Waals surface area (Å²) >= 11 is 0. The molecule has 98 valence electrons. The summed E-state index contributed by atoms with van der Waals surface area (Å²) in [4.78, 5) is 25.1. The molecule has 0 aliphatic carbocycles. The summed E-state index contributed by atoms with van der Waals surface area (Å²) in [5.41, 5.74) is -0.618. The van der Waals surface area contributed by atoms with Crippen LogP contribution in [0.2, 0.25) is 0 Å². The fraction of sp³-hybridized carbons (Fsp3) is 0.455. The second-order valence-corrected chi connectivity index (χ2v) is 4.25. The lowest BCUT2D eigenvalue weighted by molar-refractivity contribution is -0.107. The molecule has 0 aromatic carbocycles. The zero-order valence-corrected chi connectivity index (χ0v) is 9.79. The van der Waals surface area contributed by atoms with Gasteiger partial charge in [0, 0.05) is 17.3 Å². The smallest absolute Gasteiger partial charge is 0.330 e. The van der Waals surface area contributed by atoms with Crippen LogP contribution in [0.5, 0.6) is 0 Å². The number of rotatable bonds is 1. The highest BCUT2D eigenvalue weighted by molar-refractivity contribution is 5.13. The topological polar surface area (TPSA) is 105 Å². The summed E-state index contributed by atoms with van der Waals surface area (Å²) in [6, 6.07) is 0. The van der Waals surface area contributed by atoms with E-state index in [1.165, 1.54) is 6.20 Å². The zero-order chi connectivity index (χ0) is 13.4. The summed E-state index contributed by atoms with van der Waals surface area (Å²) in [6.45, 7) is 5.04. The van der Waals surface area contributed by atoms with Crippen LogP contribution in [-0.4, -0.2) is 38.6 Å². The maximum atomic E-state index is 11.7. The van der Waals surface area contributed by atoms with Crippen LogP contribution in [0, 0.1) is 6.92 Å². The van der Waals surface area contributed by atoms with Crippen molar-refractivity contribution >= 4 is 0 Å². The first-order valence-electron chi connectivity index (χ1n) is 5.40. The van der Waals surface area contributed by atoms with Gasteiger partial charge in [-0.2, -0.15) is 0 Å². The molecular weight excluding hydrogens is 240 g/mol. The Hall–Kier alpha value is -1.70. The van der Waals surface area contributed by atoms with Gasteiger partial charge in [-0.1, -0.05) is 6.58 Å². The number of aromatic nitrogens is 2. The third-order valence-electron chi connectivity index (χ3n) is 2.88. The minimum atomic E-state index is -1.16. The van der Waals surface area contributed by atoms with E-state index in [0.29, 0.717) is 5.56 Å². The van der Waals surface area contributed by atoms with Gasteiger partial charge in [-0.05, 0) is 6.92 Å². The number of aliphatic hydroxyl groups excluding tert-OH is 2. The maximum absolute atomic E-state index is 11.7. The average molecular weight is 254 g/mol. The van der Waals surface area contributed by atoms with Crippen LogP contribution < -0.4 is 11.2 Å². The summed E-state index contributed by atoms with van der Waals surface area (Å²) < 4.78 is 6.40.